The van der Waals surface area contributed by atoms with Gasteiger partial charge in [0.1, 0.15) is 21.8 Å². The number of nitrogens with zero attached hydrogens (tertiary/aromatic N) is 2. The maximum absolute atomic E-state index is 12.2. The lowest BCUT2D eigenvalue weighted by atomic mass is 10.1. The largest absolute Gasteiger partial charge is 0.305 e. The topological polar surface area (TPSA) is 54.9 Å². The third-order valence-corrected chi connectivity index (χ3v) is 3.38. The summed E-state index contributed by atoms with van der Waals surface area (Å²) in [5, 5.41) is 4.88. The predicted octanol–water partition coefficient (Wildman–Crippen LogP) is 4.19. The first-order valence-electron chi connectivity index (χ1n) is 6.13. The van der Waals surface area contributed by atoms with E-state index in [0.29, 0.717) is 11.0 Å². The van der Waals surface area contributed by atoms with E-state index in [-0.39, 0.29) is 10.8 Å². The molecule has 1 aromatic carbocycles. The van der Waals surface area contributed by atoms with E-state index in [2.05, 4.69) is 15.3 Å². The van der Waals surface area contributed by atoms with Crippen molar-refractivity contribution in [2.24, 2.45) is 0 Å². The number of hydrogen-bond donors (Lipinski definition) is 1. The summed E-state index contributed by atoms with van der Waals surface area (Å²) in [7, 11) is 0. The molecule has 21 heavy (non-hydrogen) atoms. The number of pyridine rings is 2. The van der Waals surface area contributed by atoms with E-state index in [1.807, 2.05) is 24.3 Å². The Morgan fingerprint density at radius 3 is 2.62 bits per heavy atom. The molecular formula is C15H9Cl2N3O. The van der Waals surface area contributed by atoms with Crippen LogP contribution in [0.15, 0.2) is 48.5 Å². The molecule has 0 aliphatic rings. The average Bonchev–Trinajstić information content (AvgIpc) is 2.47. The zero-order valence-corrected chi connectivity index (χ0v) is 12.2. The Kier molecular flexibility index (Phi) is 3.73. The van der Waals surface area contributed by atoms with Crippen LogP contribution in [0.2, 0.25) is 10.3 Å². The average molecular weight is 318 g/mol. The number of halogens is 2. The van der Waals surface area contributed by atoms with Gasteiger partial charge in [-0.2, -0.15) is 0 Å². The molecule has 0 atom stereocenters. The van der Waals surface area contributed by atoms with Crippen LogP contribution in [0.25, 0.3) is 10.8 Å². The third kappa shape index (κ3) is 2.96. The van der Waals surface area contributed by atoms with Crippen LogP contribution in [0, 0.1) is 0 Å². The molecule has 0 fully saturated rings. The second-order valence-corrected chi connectivity index (χ2v) is 5.06. The third-order valence-electron chi connectivity index (χ3n) is 2.88. The molecule has 1 amide bonds. The monoisotopic (exact) mass is 317 g/mol. The maximum atomic E-state index is 12.2. The molecule has 0 spiro atoms. The molecule has 0 unspecified atom stereocenters. The molecule has 4 nitrogen and oxygen atoms in total. The van der Waals surface area contributed by atoms with E-state index in [1.165, 1.54) is 0 Å². The number of carbonyl (C=O) groups excluding carboxylic acids is 1. The fourth-order valence-electron chi connectivity index (χ4n) is 1.93. The summed E-state index contributed by atoms with van der Waals surface area (Å²) >= 11 is 11.9. The number of benzene rings is 1. The van der Waals surface area contributed by atoms with Gasteiger partial charge in [-0.15, -0.1) is 0 Å². The van der Waals surface area contributed by atoms with Gasteiger partial charge in [0.05, 0.1) is 0 Å². The van der Waals surface area contributed by atoms with Crippen LogP contribution in [0.5, 0.6) is 0 Å². The quantitative estimate of drug-likeness (QED) is 0.721. The number of amides is 1. The van der Waals surface area contributed by atoms with Crippen molar-refractivity contribution >= 4 is 45.7 Å². The Morgan fingerprint density at radius 1 is 1.00 bits per heavy atom. The molecule has 1 N–H and O–H groups in total. The van der Waals surface area contributed by atoms with Crippen LogP contribution < -0.4 is 5.32 Å². The first kappa shape index (κ1) is 13.8. The van der Waals surface area contributed by atoms with E-state index in [4.69, 9.17) is 23.2 Å². The summed E-state index contributed by atoms with van der Waals surface area (Å²) in [4.78, 5) is 20.3. The summed E-state index contributed by atoms with van der Waals surface area (Å²) in [6.07, 6.45) is 0. The van der Waals surface area contributed by atoms with Gasteiger partial charge in [-0.1, -0.05) is 53.5 Å². The van der Waals surface area contributed by atoms with Crippen molar-refractivity contribution in [1.29, 1.82) is 0 Å². The number of fused-ring (bicyclic) bond motifs is 1. The molecule has 3 rings (SSSR count). The molecule has 0 aliphatic heterocycles. The Balaban J connectivity index is 1.94. The number of anilines is 1. The molecule has 6 heteroatoms. The standard InChI is InChI=1S/C15H9Cl2N3O/c16-12-6-3-7-13(19-12)20-15(21)11-8-9-4-1-2-5-10(9)14(17)18-11/h1-8H,(H,19,20,21). The Labute approximate surface area is 130 Å². The van der Waals surface area contributed by atoms with Gasteiger partial charge in [-0.25, -0.2) is 9.97 Å². The number of aromatic nitrogens is 2. The van der Waals surface area contributed by atoms with Gasteiger partial charge in [0, 0.05) is 5.39 Å². The van der Waals surface area contributed by atoms with Crippen molar-refractivity contribution in [3.8, 4) is 0 Å². The molecule has 0 aliphatic carbocycles. The highest BCUT2D eigenvalue weighted by atomic mass is 35.5. The molecular weight excluding hydrogens is 309 g/mol. The highest BCUT2D eigenvalue weighted by Gasteiger charge is 2.12. The van der Waals surface area contributed by atoms with E-state index in [1.54, 1.807) is 24.3 Å². The van der Waals surface area contributed by atoms with E-state index < -0.39 is 5.91 Å². The number of rotatable bonds is 2. The maximum Gasteiger partial charge on any atom is 0.275 e. The van der Waals surface area contributed by atoms with Gasteiger partial charge in [0.15, 0.2) is 0 Å². The lowest BCUT2D eigenvalue weighted by Crippen LogP contribution is -2.14. The molecule has 0 saturated heterocycles. The first-order valence-corrected chi connectivity index (χ1v) is 6.88. The molecule has 0 saturated carbocycles. The molecule has 3 aromatic rings. The molecule has 104 valence electrons. The highest BCUT2D eigenvalue weighted by molar-refractivity contribution is 6.34. The zero-order chi connectivity index (χ0) is 14.8. The fraction of sp³-hybridized carbons (Fsp3) is 0. The lowest BCUT2D eigenvalue weighted by Gasteiger charge is -2.06. The molecule has 0 bridgehead atoms. The van der Waals surface area contributed by atoms with E-state index in [0.717, 1.165) is 10.8 Å². The second kappa shape index (κ2) is 5.68. The fourth-order valence-corrected chi connectivity index (χ4v) is 2.36. The van der Waals surface area contributed by atoms with Gasteiger partial charge in [0.25, 0.3) is 5.91 Å². The Hall–Kier alpha value is -2.17. The minimum Gasteiger partial charge on any atom is -0.305 e. The van der Waals surface area contributed by atoms with Crippen LogP contribution in [0.1, 0.15) is 10.5 Å². The van der Waals surface area contributed by atoms with Gasteiger partial charge in [-0.05, 0) is 23.6 Å². The Bertz CT molecular complexity index is 836. The predicted molar refractivity (Wildman–Crippen MR) is 84.0 cm³/mol. The summed E-state index contributed by atoms with van der Waals surface area (Å²) in [5.74, 6) is -0.0315. The van der Waals surface area contributed by atoms with E-state index in [9.17, 15) is 4.79 Å². The molecule has 0 radical (unpaired) electrons. The van der Waals surface area contributed by atoms with Gasteiger partial charge in [-0.3, -0.25) is 4.79 Å². The summed E-state index contributed by atoms with van der Waals surface area (Å²) in [6, 6.07) is 14.1. The first-order chi connectivity index (χ1) is 10.1. The van der Waals surface area contributed by atoms with Crippen molar-refractivity contribution in [2.75, 3.05) is 5.32 Å². The van der Waals surface area contributed by atoms with Crippen molar-refractivity contribution < 1.29 is 4.79 Å². The van der Waals surface area contributed by atoms with Gasteiger partial charge < -0.3 is 5.32 Å². The minimum absolute atomic E-state index is 0.223. The van der Waals surface area contributed by atoms with Crippen LogP contribution >= 0.6 is 23.2 Å². The number of carbonyl (C=O) groups is 1. The van der Waals surface area contributed by atoms with Gasteiger partial charge >= 0.3 is 0 Å². The molecule has 2 aromatic heterocycles. The Morgan fingerprint density at radius 2 is 1.81 bits per heavy atom. The van der Waals surface area contributed by atoms with E-state index >= 15 is 0 Å². The van der Waals surface area contributed by atoms with Crippen molar-refractivity contribution in [2.45, 2.75) is 0 Å². The summed E-state index contributed by atoms with van der Waals surface area (Å²) < 4.78 is 0. The molecule has 2 heterocycles. The SMILES string of the molecule is O=C(Nc1cccc(Cl)n1)c1cc2ccccc2c(Cl)n1. The van der Waals surface area contributed by atoms with Crippen molar-refractivity contribution in [3.05, 3.63) is 64.5 Å². The van der Waals surface area contributed by atoms with Crippen LogP contribution in [0.3, 0.4) is 0 Å². The highest BCUT2D eigenvalue weighted by Crippen LogP contribution is 2.22. The lowest BCUT2D eigenvalue weighted by molar-refractivity contribution is 0.102. The van der Waals surface area contributed by atoms with Crippen molar-refractivity contribution in [3.63, 3.8) is 0 Å². The van der Waals surface area contributed by atoms with Crippen LogP contribution in [-0.2, 0) is 0 Å². The number of nitrogens with one attached hydrogen (secondary N) is 1. The van der Waals surface area contributed by atoms with Crippen molar-refractivity contribution in [1.82, 2.24) is 9.97 Å². The summed E-state index contributed by atoms with van der Waals surface area (Å²) in [5.41, 5.74) is 0.223. The smallest absolute Gasteiger partial charge is 0.275 e. The van der Waals surface area contributed by atoms with Crippen LogP contribution in [0.4, 0.5) is 5.82 Å². The summed E-state index contributed by atoms with van der Waals surface area (Å²) in [6.45, 7) is 0. The second-order valence-electron chi connectivity index (χ2n) is 4.32. The zero-order valence-electron chi connectivity index (χ0n) is 10.7. The van der Waals surface area contributed by atoms with Gasteiger partial charge in [0.2, 0.25) is 0 Å². The normalized spacial score (nSPS) is 10.6. The minimum atomic E-state index is -0.391. The number of hydrogen-bond acceptors (Lipinski definition) is 3. The van der Waals surface area contributed by atoms with Crippen LogP contribution in [-0.4, -0.2) is 15.9 Å².